The van der Waals surface area contributed by atoms with Crippen LogP contribution in [0.15, 0.2) is 18.3 Å². The van der Waals surface area contributed by atoms with Crippen molar-refractivity contribution in [3.63, 3.8) is 0 Å². The van der Waals surface area contributed by atoms with Gasteiger partial charge in [0.2, 0.25) is 0 Å². The quantitative estimate of drug-likeness (QED) is 0.882. The highest BCUT2D eigenvalue weighted by atomic mass is 16.2. The molecule has 0 aromatic carbocycles. The first-order chi connectivity index (χ1) is 8.70. The Morgan fingerprint density at radius 1 is 1.44 bits per heavy atom. The van der Waals surface area contributed by atoms with Crippen molar-refractivity contribution in [3.05, 3.63) is 29.6 Å². The molecule has 18 heavy (non-hydrogen) atoms. The van der Waals surface area contributed by atoms with E-state index in [1.165, 1.54) is 25.7 Å². The maximum Gasteiger partial charge on any atom is 0.272 e. The van der Waals surface area contributed by atoms with E-state index in [2.05, 4.69) is 4.98 Å². The van der Waals surface area contributed by atoms with Crippen molar-refractivity contribution in [1.82, 2.24) is 9.88 Å². The molecule has 1 fully saturated rings. The van der Waals surface area contributed by atoms with Crippen molar-refractivity contribution in [3.8, 4) is 0 Å². The zero-order valence-electron chi connectivity index (χ0n) is 10.9. The predicted molar refractivity (Wildman–Crippen MR) is 71.0 cm³/mol. The summed E-state index contributed by atoms with van der Waals surface area (Å²) in [6.07, 6.45) is 6.78. The Bertz CT molecular complexity index is 396. The van der Waals surface area contributed by atoms with Crippen molar-refractivity contribution in [2.45, 2.75) is 32.2 Å². The fraction of sp³-hybridized carbons (Fsp3) is 0.571. The zero-order chi connectivity index (χ0) is 13.0. The van der Waals surface area contributed by atoms with Gasteiger partial charge in [0.1, 0.15) is 5.69 Å². The SMILES string of the molecule is CN(CC1CCCC1)C(=O)c1ccc(CN)cn1. The Morgan fingerprint density at radius 3 is 2.72 bits per heavy atom. The van der Waals surface area contributed by atoms with Gasteiger partial charge in [-0.15, -0.1) is 0 Å². The second-order valence-electron chi connectivity index (χ2n) is 5.09. The number of rotatable bonds is 4. The minimum atomic E-state index is 0.00507. The Morgan fingerprint density at radius 2 is 2.17 bits per heavy atom. The molecule has 0 aliphatic heterocycles. The zero-order valence-corrected chi connectivity index (χ0v) is 10.9. The molecule has 1 saturated carbocycles. The number of amides is 1. The third kappa shape index (κ3) is 3.07. The first-order valence-corrected chi connectivity index (χ1v) is 6.61. The summed E-state index contributed by atoms with van der Waals surface area (Å²) in [7, 11) is 1.86. The van der Waals surface area contributed by atoms with E-state index in [-0.39, 0.29) is 5.91 Å². The molecule has 2 rings (SSSR count). The molecular formula is C14H21N3O. The molecule has 1 aromatic heterocycles. The summed E-state index contributed by atoms with van der Waals surface area (Å²) in [5.41, 5.74) is 6.97. The van der Waals surface area contributed by atoms with Crippen LogP contribution >= 0.6 is 0 Å². The van der Waals surface area contributed by atoms with Gasteiger partial charge in [-0.2, -0.15) is 0 Å². The summed E-state index contributed by atoms with van der Waals surface area (Å²) < 4.78 is 0. The third-order valence-corrected chi connectivity index (χ3v) is 3.63. The highest BCUT2D eigenvalue weighted by molar-refractivity contribution is 5.92. The van der Waals surface area contributed by atoms with Crippen molar-refractivity contribution in [2.75, 3.05) is 13.6 Å². The maximum absolute atomic E-state index is 12.2. The molecule has 0 atom stereocenters. The second kappa shape index (κ2) is 5.96. The summed E-state index contributed by atoms with van der Waals surface area (Å²) in [5.74, 6) is 0.674. The molecule has 1 heterocycles. The van der Waals surface area contributed by atoms with Gasteiger partial charge in [0, 0.05) is 26.3 Å². The Labute approximate surface area is 108 Å². The lowest BCUT2D eigenvalue weighted by Crippen LogP contribution is -2.31. The van der Waals surface area contributed by atoms with E-state index in [1.54, 1.807) is 17.2 Å². The summed E-state index contributed by atoms with van der Waals surface area (Å²) >= 11 is 0. The van der Waals surface area contributed by atoms with Crippen LogP contribution in [0.5, 0.6) is 0 Å². The van der Waals surface area contributed by atoms with E-state index in [0.29, 0.717) is 18.2 Å². The van der Waals surface area contributed by atoms with Gasteiger partial charge in [-0.1, -0.05) is 18.9 Å². The molecule has 0 spiro atoms. The normalized spacial score (nSPS) is 15.9. The van der Waals surface area contributed by atoms with Gasteiger partial charge in [-0.05, 0) is 30.4 Å². The van der Waals surface area contributed by atoms with E-state index in [4.69, 9.17) is 5.73 Å². The van der Waals surface area contributed by atoms with Crippen LogP contribution in [-0.4, -0.2) is 29.4 Å². The van der Waals surface area contributed by atoms with Gasteiger partial charge in [0.05, 0.1) is 0 Å². The van der Waals surface area contributed by atoms with Crippen molar-refractivity contribution < 1.29 is 4.79 Å². The monoisotopic (exact) mass is 247 g/mol. The molecule has 4 heteroatoms. The van der Waals surface area contributed by atoms with Gasteiger partial charge in [0.15, 0.2) is 0 Å². The van der Waals surface area contributed by atoms with Crippen LogP contribution < -0.4 is 5.73 Å². The van der Waals surface area contributed by atoms with Crippen LogP contribution in [0.4, 0.5) is 0 Å². The fourth-order valence-corrected chi connectivity index (χ4v) is 2.53. The highest BCUT2D eigenvalue weighted by Gasteiger charge is 2.20. The number of nitrogens with zero attached hydrogens (tertiary/aromatic N) is 2. The molecule has 0 bridgehead atoms. The lowest BCUT2D eigenvalue weighted by atomic mass is 10.1. The van der Waals surface area contributed by atoms with E-state index < -0.39 is 0 Å². The minimum Gasteiger partial charge on any atom is -0.340 e. The number of carbonyl (C=O) groups is 1. The first-order valence-electron chi connectivity index (χ1n) is 6.61. The Kier molecular flexibility index (Phi) is 4.31. The van der Waals surface area contributed by atoms with Crippen LogP contribution in [0.3, 0.4) is 0 Å². The van der Waals surface area contributed by atoms with Gasteiger partial charge >= 0.3 is 0 Å². The lowest BCUT2D eigenvalue weighted by Gasteiger charge is -2.20. The maximum atomic E-state index is 12.2. The van der Waals surface area contributed by atoms with Crippen LogP contribution in [0.2, 0.25) is 0 Å². The summed E-state index contributed by atoms with van der Waals surface area (Å²) in [6.45, 7) is 1.30. The molecule has 1 aromatic rings. The highest BCUT2D eigenvalue weighted by Crippen LogP contribution is 2.25. The largest absolute Gasteiger partial charge is 0.340 e. The number of aromatic nitrogens is 1. The van der Waals surface area contributed by atoms with Gasteiger partial charge in [-0.3, -0.25) is 9.78 Å². The second-order valence-corrected chi connectivity index (χ2v) is 5.09. The average molecular weight is 247 g/mol. The molecule has 0 unspecified atom stereocenters. The number of nitrogens with two attached hydrogens (primary N) is 1. The first kappa shape index (κ1) is 13.0. The molecule has 1 aliphatic carbocycles. The molecule has 4 nitrogen and oxygen atoms in total. The average Bonchev–Trinajstić information content (AvgIpc) is 2.91. The number of hydrogen-bond acceptors (Lipinski definition) is 3. The van der Waals surface area contributed by atoms with E-state index in [1.807, 2.05) is 13.1 Å². The smallest absolute Gasteiger partial charge is 0.272 e. The number of pyridine rings is 1. The Balaban J connectivity index is 1.95. The van der Waals surface area contributed by atoms with E-state index >= 15 is 0 Å². The molecule has 0 saturated heterocycles. The molecule has 1 amide bonds. The number of carbonyl (C=O) groups excluding carboxylic acids is 1. The molecule has 1 aliphatic rings. The van der Waals surface area contributed by atoms with Gasteiger partial charge in [-0.25, -0.2) is 0 Å². The van der Waals surface area contributed by atoms with Crippen LogP contribution in [0.25, 0.3) is 0 Å². The summed E-state index contributed by atoms with van der Waals surface area (Å²) in [4.78, 5) is 18.1. The Hall–Kier alpha value is -1.42. The van der Waals surface area contributed by atoms with Crippen molar-refractivity contribution >= 4 is 5.91 Å². The fourth-order valence-electron chi connectivity index (χ4n) is 2.53. The number of hydrogen-bond donors (Lipinski definition) is 1. The van der Waals surface area contributed by atoms with E-state index in [0.717, 1.165) is 12.1 Å². The standard InChI is InChI=1S/C14H21N3O/c1-17(10-11-4-2-3-5-11)14(18)13-7-6-12(8-15)9-16-13/h6-7,9,11H,2-5,8,10,15H2,1H3. The minimum absolute atomic E-state index is 0.00507. The molecule has 98 valence electrons. The van der Waals surface area contributed by atoms with Crippen LogP contribution in [0, 0.1) is 5.92 Å². The molecule has 2 N–H and O–H groups in total. The predicted octanol–water partition coefficient (Wildman–Crippen LogP) is 1.80. The van der Waals surface area contributed by atoms with Crippen LogP contribution in [0.1, 0.15) is 41.7 Å². The third-order valence-electron chi connectivity index (χ3n) is 3.63. The molecular weight excluding hydrogens is 226 g/mol. The summed E-state index contributed by atoms with van der Waals surface area (Å²) in [6, 6.07) is 3.62. The molecule has 0 radical (unpaired) electrons. The van der Waals surface area contributed by atoms with Gasteiger partial charge in [0.25, 0.3) is 5.91 Å². The van der Waals surface area contributed by atoms with Crippen LogP contribution in [-0.2, 0) is 6.54 Å². The van der Waals surface area contributed by atoms with Gasteiger partial charge < -0.3 is 10.6 Å². The topological polar surface area (TPSA) is 59.2 Å². The van der Waals surface area contributed by atoms with E-state index in [9.17, 15) is 4.79 Å². The van der Waals surface area contributed by atoms with Crippen molar-refractivity contribution in [2.24, 2.45) is 11.7 Å². The summed E-state index contributed by atoms with van der Waals surface area (Å²) in [5, 5.41) is 0. The van der Waals surface area contributed by atoms with Crippen molar-refractivity contribution in [1.29, 1.82) is 0 Å². The lowest BCUT2D eigenvalue weighted by molar-refractivity contribution is 0.0767.